The molecule has 36 heavy (non-hydrogen) atoms. The predicted molar refractivity (Wildman–Crippen MR) is 137 cm³/mol. The number of aromatic nitrogens is 2. The number of aliphatic hydroxyl groups is 1. The first-order chi connectivity index (χ1) is 17.5. The van der Waals surface area contributed by atoms with Gasteiger partial charge in [-0.15, -0.1) is 0 Å². The predicted octanol–water partition coefficient (Wildman–Crippen LogP) is 3.28. The van der Waals surface area contributed by atoms with Gasteiger partial charge >= 0.3 is 6.09 Å². The maximum Gasteiger partial charge on any atom is 0.404 e. The van der Waals surface area contributed by atoms with Gasteiger partial charge in [-0.2, -0.15) is 0 Å². The van der Waals surface area contributed by atoms with E-state index in [0.29, 0.717) is 49.3 Å². The standard InChI is InChI=1S/C27H31N5O4/c33-20-15-32(16-20)25-10-9-19(14-28-25)24-11-22(21-3-1-2-4-23(21)31-24)26(34)29-12-17-5-7-18(8-6-17)13-30-27(35)36/h1-4,9-11,14,17-18,20,30,33H,5-8,12-13,15-16H2,(H,29,34)(H,35,36)/t17-,18-. The molecule has 2 amide bonds. The third kappa shape index (κ3) is 5.41. The zero-order chi connectivity index (χ0) is 25.1. The molecule has 2 aromatic heterocycles. The largest absolute Gasteiger partial charge is 0.465 e. The van der Waals surface area contributed by atoms with Gasteiger partial charge < -0.3 is 25.7 Å². The highest BCUT2D eigenvalue weighted by atomic mass is 16.4. The quantitative estimate of drug-likeness (QED) is 0.401. The molecule has 3 heterocycles. The molecular formula is C27H31N5O4. The number of aliphatic hydroxyl groups excluding tert-OH is 1. The number of nitrogens with one attached hydrogen (secondary N) is 2. The molecule has 188 valence electrons. The van der Waals surface area contributed by atoms with Crippen LogP contribution >= 0.6 is 0 Å². The number of carbonyl (C=O) groups excluding carboxylic acids is 1. The molecule has 1 aliphatic carbocycles. The van der Waals surface area contributed by atoms with E-state index in [-0.39, 0.29) is 12.0 Å². The highest BCUT2D eigenvalue weighted by molar-refractivity contribution is 6.07. The number of rotatable bonds is 7. The summed E-state index contributed by atoms with van der Waals surface area (Å²) in [6, 6.07) is 13.3. The van der Waals surface area contributed by atoms with E-state index in [1.165, 1.54) is 0 Å². The fourth-order valence-electron chi connectivity index (χ4n) is 5.08. The smallest absolute Gasteiger partial charge is 0.404 e. The molecule has 0 spiro atoms. The monoisotopic (exact) mass is 489 g/mol. The molecule has 1 aliphatic heterocycles. The van der Waals surface area contributed by atoms with Gasteiger partial charge in [0.1, 0.15) is 5.82 Å². The van der Waals surface area contributed by atoms with Gasteiger partial charge in [0, 0.05) is 43.3 Å². The highest BCUT2D eigenvalue weighted by Gasteiger charge is 2.26. The summed E-state index contributed by atoms with van der Waals surface area (Å²) in [5.74, 6) is 1.45. The van der Waals surface area contributed by atoms with Crippen LogP contribution in [0.4, 0.5) is 10.6 Å². The number of benzene rings is 1. The minimum atomic E-state index is -0.976. The second-order valence-corrected chi connectivity index (χ2v) is 9.82. The second-order valence-electron chi connectivity index (χ2n) is 9.82. The van der Waals surface area contributed by atoms with E-state index < -0.39 is 6.09 Å². The van der Waals surface area contributed by atoms with Crippen LogP contribution in [0.15, 0.2) is 48.7 Å². The van der Waals surface area contributed by atoms with Crippen LogP contribution in [-0.2, 0) is 0 Å². The number of nitrogens with zero attached hydrogens (tertiary/aromatic N) is 3. The number of fused-ring (bicyclic) bond motifs is 1. The van der Waals surface area contributed by atoms with E-state index in [2.05, 4.69) is 15.6 Å². The van der Waals surface area contributed by atoms with Crippen molar-refractivity contribution < 1.29 is 19.8 Å². The fourth-order valence-corrected chi connectivity index (χ4v) is 5.08. The van der Waals surface area contributed by atoms with Crippen LogP contribution in [0.3, 0.4) is 0 Å². The van der Waals surface area contributed by atoms with Gasteiger partial charge in [-0.25, -0.2) is 14.8 Å². The van der Waals surface area contributed by atoms with Gasteiger partial charge in [-0.1, -0.05) is 18.2 Å². The molecule has 9 nitrogen and oxygen atoms in total. The molecule has 1 aromatic carbocycles. The first-order valence-corrected chi connectivity index (χ1v) is 12.5. The van der Waals surface area contributed by atoms with Crippen molar-refractivity contribution in [2.75, 3.05) is 31.1 Å². The number of anilines is 1. The number of amides is 2. The topological polar surface area (TPSA) is 128 Å². The van der Waals surface area contributed by atoms with Crippen LogP contribution in [0.25, 0.3) is 22.2 Å². The van der Waals surface area contributed by atoms with Crippen molar-refractivity contribution >= 4 is 28.7 Å². The third-order valence-corrected chi connectivity index (χ3v) is 7.25. The number of β-amino-alcohol motifs (C(OH)–C–C–N with tert-alkyl or cyclic N) is 1. The molecule has 3 aromatic rings. The number of pyridine rings is 2. The maximum atomic E-state index is 13.3. The molecule has 4 N–H and O–H groups in total. The van der Waals surface area contributed by atoms with Crippen molar-refractivity contribution in [3.05, 3.63) is 54.2 Å². The average molecular weight is 490 g/mol. The van der Waals surface area contributed by atoms with E-state index in [0.717, 1.165) is 48.0 Å². The minimum absolute atomic E-state index is 0.122. The van der Waals surface area contributed by atoms with Crippen LogP contribution < -0.4 is 15.5 Å². The van der Waals surface area contributed by atoms with Gasteiger partial charge in [0.15, 0.2) is 0 Å². The van der Waals surface area contributed by atoms with Gasteiger partial charge in [-0.05, 0) is 61.8 Å². The van der Waals surface area contributed by atoms with E-state index in [1.807, 2.05) is 47.4 Å². The van der Waals surface area contributed by atoms with E-state index in [4.69, 9.17) is 10.1 Å². The highest BCUT2D eigenvalue weighted by Crippen LogP contribution is 2.29. The second kappa shape index (κ2) is 10.5. The summed E-state index contributed by atoms with van der Waals surface area (Å²) in [6.07, 6.45) is 4.36. The van der Waals surface area contributed by atoms with Crippen LogP contribution in [0.5, 0.6) is 0 Å². The minimum Gasteiger partial charge on any atom is -0.465 e. The van der Waals surface area contributed by atoms with E-state index in [1.54, 1.807) is 6.20 Å². The van der Waals surface area contributed by atoms with Gasteiger partial charge in [0.05, 0.1) is 22.9 Å². The third-order valence-electron chi connectivity index (χ3n) is 7.25. The van der Waals surface area contributed by atoms with Crippen LogP contribution in [-0.4, -0.2) is 64.5 Å². The summed E-state index contributed by atoms with van der Waals surface area (Å²) in [5, 5.41) is 24.7. The first-order valence-electron chi connectivity index (χ1n) is 12.5. The van der Waals surface area contributed by atoms with Crippen LogP contribution in [0.1, 0.15) is 36.0 Å². The lowest BCUT2D eigenvalue weighted by Gasteiger charge is -2.36. The first kappa shape index (κ1) is 24.0. The molecule has 2 aliphatic rings. The average Bonchev–Trinajstić information content (AvgIpc) is 2.89. The Morgan fingerprint density at radius 2 is 1.67 bits per heavy atom. The van der Waals surface area contributed by atoms with Crippen molar-refractivity contribution in [2.45, 2.75) is 31.8 Å². The lowest BCUT2D eigenvalue weighted by molar-refractivity contribution is 0.0942. The lowest BCUT2D eigenvalue weighted by atomic mass is 9.82. The number of hydrogen-bond acceptors (Lipinski definition) is 6. The van der Waals surface area contributed by atoms with Crippen molar-refractivity contribution in [3.8, 4) is 11.3 Å². The van der Waals surface area contributed by atoms with E-state index in [9.17, 15) is 14.7 Å². The lowest BCUT2D eigenvalue weighted by Crippen LogP contribution is -2.51. The molecule has 0 bridgehead atoms. The molecule has 9 heteroatoms. The SMILES string of the molecule is O=C(O)NC[C@H]1CC[C@H](CNC(=O)c2cc(-c3ccc(N4CC(O)C4)nc3)nc3ccccc23)CC1. The van der Waals surface area contributed by atoms with E-state index >= 15 is 0 Å². The number of para-hydroxylation sites is 1. The van der Waals surface area contributed by atoms with Crippen LogP contribution in [0, 0.1) is 11.8 Å². The number of hydrogen-bond donors (Lipinski definition) is 4. The normalized spacial score (nSPS) is 20.1. The van der Waals surface area contributed by atoms with Crippen molar-refractivity contribution in [1.29, 1.82) is 0 Å². The van der Waals surface area contributed by atoms with Gasteiger partial charge in [0.25, 0.3) is 5.91 Å². The Kier molecular flexibility index (Phi) is 6.99. The molecule has 2 fully saturated rings. The summed E-state index contributed by atoms with van der Waals surface area (Å²) in [6.45, 7) is 2.27. The summed E-state index contributed by atoms with van der Waals surface area (Å²) in [5.41, 5.74) is 2.85. The van der Waals surface area contributed by atoms with Gasteiger partial charge in [0.2, 0.25) is 0 Å². The Morgan fingerprint density at radius 1 is 0.972 bits per heavy atom. The van der Waals surface area contributed by atoms with Crippen molar-refractivity contribution in [2.24, 2.45) is 11.8 Å². The summed E-state index contributed by atoms with van der Waals surface area (Å²) in [4.78, 5) is 35.3. The molecule has 0 unspecified atom stereocenters. The molecule has 1 saturated heterocycles. The van der Waals surface area contributed by atoms with Crippen molar-refractivity contribution in [3.63, 3.8) is 0 Å². The Hall–Kier alpha value is -3.72. The summed E-state index contributed by atoms with van der Waals surface area (Å²) in [7, 11) is 0. The Balaban J connectivity index is 1.27. The Labute approximate surface area is 209 Å². The number of carboxylic acid groups (broad SMARTS) is 1. The molecule has 1 saturated carbocycles. The zero-order valence-electron chi connectivity index (χ0n) is 20.1. The Bertz CT molecular complexity index is 1230. The maximum absolute atomic E-state index is 13.3. The number of carbonyl (C=O) groups is 2. The Morgan fingerprint density at radius 3 is 2.31 bits per heavy atom. The summed E-state index contributed by atoms with van der Waals surface area (Å²) < 4.78 is 0. The molecule has 0 atom stereocenters. The summed E-state index contributed by atoms with van der Waals surface area (Å²) >= 11 is 0. The fraction of sp³-hybridized carbons (Fsp3) is 0.407. The van der Waals surface area contributed by atoms with Crippen molar-refractivity contribution in [1.82, 2.24) is 20.6 Å². The zero-order valence-corrected chi connectivity index (χ0v) is 20.1. The van der Waals surface area contributed by atoms with Crippen LogP contribution in [0.2, 0.25) is 0 Å². The molecule has 0 radical (unpaired) electrons. The molecule has 5 rings (SSSR count). The molecular weight excluding hydrogens is 458 g/mol. The van der Waals surface area contributed by atoms with Gasteiger partial charge in [-0.3, -0.25) is 4.79 Å².